The van der Waals surface area contributed by atoms with Crippen LogP contribution in [0.15, 0.2) is 108 Å². The summed E-state index contributed by atoms with van der Waals surface area (Å²) in [6.07, 6.45) is 8.19. The van der Waals surface area contributed by atoms with Crippen LogP contribution in [0.2, 0.25) is 13.1 Å². The third kappa shape index (κ3) is 4.58. The zero-order chi connectivity index (χ0) is 32.3. The van der Waals surface area contributed by atoms with Crippen LogP contribution in [-0.2, 0) is 12.8 Å². The van der Waals surface area contributed by atoms with Crippen LogP contribution < -0.4 is 14.8 Å². The number of nitrogens with zero attached hydrogens (tertiary/aromatic N) is 1. The Morgan fingerprint density at radius 2 is 1.37 bits per heavy atom. The zero-order valence-corrected chi connectivity index (χ0v) is 29.0. The average Bonchev–Trinajstić information content (AvgIpc) is 3.07. The zero-order valence-electron chi connectivity index (χ0n) is 28.0. The van der Waals surface area contributed by atoms with Gasteiger partial charge in [-0.2, -0.15) is 0 Å². The van der Waals surface area contributed by atoms with Crippen LogP contribution in [0.4, 0.5) is 5.69 Å². The molecular weight excluding hydrogens is 577 g/mol. The highest BCUT2D eigenvalue weighted by Crippen LogP contribution is 2.45. The van der Waals surface area contributed by atoms with Crippen molar-refractivity contribution >= 4 is 51.8 Å². The van der Waals surface area contributed by atoms with Gasteiger partial charge in [-0.25, -0.2) is 0 Å². The fourth-order valence-corrected chi connectivity index (χ4v) is 10.9. The Balaban J connectivity index is 1.49. The molecular formula is C42H42N2OSi. The first kappa shape index (κ1) is 30.0. The minimum atomic E-state index is -2.10. The maximum absolute atomic E-state index is 8.56. The second-order valence-electron chi connectivity index (χ2n) is 13.3. The van der Waals surface area contributed by atoms with Crippen molar-refractivity contribution < 1.29 is 4.74 Å². The van der Waals surface area contributed by atoms with Gasteiger partial charge >= 0.3 is 0 Å². The summed E-state index contributed by atoms with van der Waals surface area (Å²) in [5.74, 6) is 0.859. The molecule has 0 spiro atoms. The summed E-state index contributed by atoms with van der Waals surface area (Å²) in [6, 6.07) is 29.5. The van der Waals surface area contributed by atoms with Gasteiger partial charge in [-0.1, -0.05) is 81.5 Å². The summed E-state index contributed by atoms with van der Waals surface area (Å²) in [7, 11) is 3.87. The molecule has 1 aliphatic carbocycles. The van der Waals surface area contributed by atoms with E-state index in [1.165, 1.54) is 76.6 Å². The summed E-state index contributed by atoms with van der Waals surface area (Å²) in [5, 5.41) is 16.7. The van der Waals surface area contributed by atoms with Gasteiger partial charge in [0.25, 0.3) is 0 Å². The molecule has 7 rings (SSSR count). The second-order valence-corrected chi connectivity index (χ2v) is 17.6. The van der Waals surface area contributed by atoms with E-state index in [-0.39, 0.29) is 0 Å². The summed E-state index contributed by atoms with van der Waals surface area (Å²) in [5.41, 5.74) is 11.8. The van der Waals surface area contributed by atoms with E-state index >= 15 is 0 Å². The fraction of sp³-hybridized carbons (Fsp3) is 0.214. The normalized spacial score (nSPS) is 15.2. The van der Waals surface area contributed by atoms with E-state index in [1.54, 1.807) is 7.11 Å². The number of nitrogens with one attached hydrogen (secondary N) is 1. The number of methoxy groups -OCH3 is 1. The van der Waals surface area contributed by atoms with Crippen LogP contribution in [0.5, 0.6) is 5.75 Å². The highest BCUT2D eigenvalue weighted by molar-refractivity contribution is 6.98. The molecule has 1 aliphatic heterocycles. The van der Waals surface area contributed by atoms with Gasteiger partial charge in [-0.3, -0.25) is 0 Å². The highest BCUT2D eigenvalue weighted by atomic mass is 28.3. The summed E-state index contributed by atoms with van der Waals surface area (Å²) >= 11 is 0. The minimum Gasteiger partial charge on any atom is -0.496 e. The predicted octanol–water partition coefficient (Wildman–Crippen LogP) is 9.65. The Hall–Kier alpha value is -4.67. The van der Waals surface area contributed by atoms with E-state index in [0.717, 1.165) is 24.2 Å². The van der Waals surface area contributed by atoms with Crippen molar-refractivity contribution in [1.29, 1.82) is 5.41 Å². The molecule has 1 N–H and O–H groups in total. The largest absolute Gasteiger partial charge is 0.496 e. The molecule has 5 aromatic rings. The first-order valence-corrected chi connectivity index (χ1v) is 19.4. The van der Waals surface area contributed by atoms with E-state index in [0.29, 0.717) is 5.71 Å². The maximum Gasteiger partial charge on any atom is 0.126 e. The highest BCUT2D eigenvalue weighted by Gasteiger charge is 2.40. The van der Waals surface area contributed by atoms with Gasteiger partial charge in [0.05, 0.1) is 12.8 Å². The third-order valence-corrected chi connectivity index (χ3v) is 13.7. The molecule has 46 heavy (non-hydrogen) atoms. The van der Waals surface area contributed by atoms with Gasteiger partial charge < -0.3 is 15.0 Å². The Kier molecular flexibility index (Phi) is 7.36. The monoisotopic (exact) mass is 618 g/mol. The number of hydrogen-bond donors (Lipinski definition) is 1. The molecule has 0 unspecified atom stereocenters. The van der Waals surface area contributed by atoms with Crippen molar-refractivity contribution in [3.63, 3.8) is 0 Å². The molecule has 0 saturated heterocycles. The summed E-state index contributed by atoms with van der Waals surface area (Å²) < 4.78 is 6.09. The molecule has 3 nitrogen and oxygen atoms in total. The van der Waals surface area contributed by atoms with Crippen molar-refractivity contribution in [2.24, 2.45) is 0 Å². The van der Waals surface area contributed by atoms with E-state index in [4.69, 9.17) is 10.1 Å². The number of anilines is 1. The van der Waals surface area contributed by atoms with Gasteiger partial charge in [0.15, 0.2) is 0 Å². The van der Waals surface area contributed by atoms with Crippen molar-refractivity contribution in [2.45, 2.75) is 39.8 Å². The topological polar surface area (TPSA) is 36.3 Å². The van der Waals surface area contributed by atoms with Gasteiger partial charge in [-0.15, -0.1) is 0 Å². The molecule has 0 amide bonds. The first-order chi connectivity index (χ1) is 22.2. The maximum atomic E-state index is 8.56. The Labute approximate surface area is 274 Å². The average molecular weight is 619 g/mol. The molecule has 0 atom stereocenters. The van der Waals surface area contributed by atoms with Crippen molar-refractivity contribution in [3.8, 4) is 16.9 Å². The van der Waals surface area contributed by atoms with Crippen LogP contribution in [0.1, 0.15) is 36.1 Å². The molecule has 1 heterocycles. The number of hydrogen-bond acceptors (Lipinski definition) is 3. The SMILES string of the molecule is CCc1c2ccccc2c(CC)c2cc(-c3ccc(OC)c(C4=C5C=CC(=N)C=C5[Si](C)(C)c5cc(N(C)C)ccc54)c3)ccc12. The van der Waals surface area contributed by atoms with Crippen LogP contribution in [0, 0.1) is 5.41 Å². The lowest BCUT2D eigenvalue weighted by molar-refractivity contribution is 0.413. The van der Waals surface area contributed by atoms with Gasteiger partial charge in [0.1, 0.15) is 13.8 Å². The lowest BCUT2D eigenvalue weighted by Crippen LogP contribution is -2.49. The van der Waals surface area contributed by atoms with Crippen molar-refractivity contribution in [2.75, 3.05) is 26.1 Å². The quantitative estimate of drug-likeness (QED) is 0.152. The van der Waals surface area contributed by atoms with E-state index in [1.807, 2.05) is 6.08 Å². The van der Waals surface area contributed by atoms with E-state index < -0.39 is 8.07 Å². The molecule has 0 bridgehead atoms. The first-order valence-electron chi connectivity index (χ1n) is 16.4. The fourth-order valence-electron chi connectivity index (χ4n) is 7.79. The lowest BCUT2D eigenvalue weighted by atomic mass is 9.86. The van der Waals surface area contributed by atoms with Crippen molar-refractivity contribution in [3.05, 3.63) is 130 Å². The van der Waals surface area contributed by atoms with Crippen molar-refractivity contribution in [1.82, 2.24) is 0 Å². The summed E-state index contributed by atoms with van der Waals surface area (Å²) in [4.78, 5) is 2.18. The number of rotatable bonds is 6. The van der Waals surface area contributed by atoms with Crippen LogP contribution in [0.25, 0.3) is 38.2 Å². The molecule has 2 aliphatic rings. The molecule has 4 heteroatoms. The Bertz CT molecular complexity index is 2180. The van der Waals surface area contributed by atoms with Gasteiger partial charge in [0, 0.05) is 25.3 Å². The predicted molar refractivity (Wildman–Crippen MR) is 201 cm³/mol. The second kappa shape index (κ2) is 11.3. The molecule has 0 aromatic heterocycles. The number of allylic oxidation sites excluding steroid dienone is 5. The van der Waals surface area contributed by atoms with Gasteiger partial charge in [-0.05, 0) is 126 Å². The number of fused-ring (bicyclic) bond motifs is 4. The smallest absolute Gasteiger partial charge is 0.126 e. The number of benzene rings is 5. The molecule has 0 fully saturated rings. The van der Waals surface area contributed by atoms with E-state index in [2.05, 4.69) is 137 Å². The van der Waals surface area contributed by atoms with Crippen LogP contribution >= 0.6 is 0 Å². The minimum absolute atomic E-state index is 0.563. The number of aryl methyl sites for hydroxylation is 2. The van der Waals surface area contributed by atoms with Crippen LogP contribution in [0.3, 0.4) is 0 Å². The molecule has 0 saturated carbocycles. The van der Waals surface area contributed by atoms with Crippen LogP contribution in [-0.4, -0.2) is 35.0 Å². The third-order valence-electron chi connectivity index (χ3n) is 10.2. The Morgan fingerprint density at radius 1 is 0.717 bits per heavy atom. The van der Waals surface area contributed by atoms with E-state index in [9.17, 15) is 0 Å². The van der Waals surface area contributed by atoms with Gasteiger partial charge in [0.2, 0.25) is 0 Å². The standard InChI is InChI=1S/C42H42N2OSi/c1-8-30-32-12-10-11-13-33(32)31(9-2)37-22-26(14-18-34(30)37)27-15-21-39(45-5)38(23-27)42-35-19-16-28(43)24-40(35)46(6,7)41-25-29(44(3)4)17-20-36(41)42/h10-25,43H,8-9H2,1-7H3. The molecule has 230 valence electrons. The molecule has 5 aromatic carbocycles. The Morgan fingerprint density at radius 3 is 2.04 bits per heavy atom. The number of ether oxygens (including phenoxy) is 1. The summed E-state index contributed by atoms with van der Waals surface area (Å²) in [6.45, 7) is 9.38. The molecule has 0 radical (unpaired) electrons. The lowest BCUT2D eigenvalue weighted by Gasteiger charge is -2.38.